The molecule has 1 amide bonds. The van der Waals surface area contributed by atoms with Crippen molar-refractivity contribution in [2.75, 3.05) is 20.1 Å². The molecule has 0 aliphatic heterocycles. The van der Waals surface area contributed by atoms with Gasteiger partial charge in [0.25, 0.3) is 0 Å². The first-order valence-electron chi connectivity index (χ1n) is 13.4. The standard InChI is InChI=1S/C28H48N2O5/c1-24(16-15-20-26(32)18-10-5-3-7-13-22-29-2)28(35)30-23-14-8-4-6-9-17-25(31)19-11-12-21-27(33)34/h15-16,20,29H,3-14,17-19,21-23H2,1-2H3,(H,30,35)(H,33,34)/b20-15+,24-16+. The Morgan fingerprint density at radius 3 is 1.83 bits per heavy atom. The molecule has 0 aromatic carbocycles. The van der Waals surface area contributed by atoms with Crippen molar-refractivity contribution in [3.8, 4) is 0 Å². The zero-order valence-corrected chi connectivity index (χ0v) is 22.0. The monoisotopic (exact) mass is 492 g/mol. The number of aliphatic carboxylic acids is 1. The minimum absolute atomic E-state index is 0.101. The molecule has 0 aromatic heterocycles. The summed E-state index contributed by atoms with van der Waals surface area (Å²) in [7, 11) is 1.96. The number of unbranched alkanes of at least 4 members (excludes halogenated alkanes) is 9. The minimum atomic E-state index is -0.809. The minimum Gasteiger partial charge on any atom is -0.481 e. The Labute approximate surface area is 212 Å². The van der Waals surface area contributed by atoms with Gasteiger partial charge < -0.3 is 15.7 Å². The van der Waals surface area contributed by atoms with Crippen molar-refractivity contribution >= 4 is 23.4 Å². The molecule has 200 valence electrons. The van der Waals surface area contributed by atoms with Gasteiger partial charge in [-0.05, 0) is 65.1 Å². The molecule has 0 bridgehead atoms. The van der Waals surface area contributed by atoms with Crippen LogP contribution in [0.3, 0.4) is 0 Å². The highest BCUT2D eigenvalue weighted by Crippen LogP contribution is 2.09. The van der Waals surface area contributed by atoms with E-state index in [1.54, 1.807) is 25.2 Å². The Kier molecular flexibility index (Phi) is 21.9. The highest BCUT2D eigenvalue weighted by molar-refractivity contribution is 5.94. The molecule has 0 saturated heterocycles. The van der Waals surface area contributed by atoms with Gasteiger partial charge in [0.2, 0.25) is 5.91 Å². The van der Waals surface area contributed by atoms with Crippen molar-refractivity contribution in [1.82, 2.24) is 10.6 Å². The molecule has 0 unspecified atom stereocenters. The Hall–Kier alpha value is -2.28. The summed E-state index contributed by atoms with van der Waals surface area (Å²) in [5, 5.41) is 14.6. The number of hydrogen-bond acceptors (Lipinski definition) is 5. The van der Waals surface area contributed by atoms with Gasteiger partial charge in [-0.1, -0.05) is 50.7 Å². The van der Waals surface area contributed by atoms with Crippen LogP contribution in [-0.2, 0) is 19.2 Å². The highest BCUT2D eigenvalue weighted by Gasteiger charge is 2.04. The maximum absolute atomic E-state index is 12.1. The average Bonchev–Trinajstić information content (AvgIpc) is 2.82. The van der Waals surface area contributed by atoms with Gasteiger partial charge in [-0.3, -0.25) is 19.2 Å². The van der Waals surface area contributed by atoms with Crippen LogP contribution in [0, 0.1) is 0 Å². The molecular formula is C28H48N2O5. The normalized spacial score (nSPS) is 11.7. The van der Waals surface area contributed by atoms with Crippen LogP contribution in [0.1, 0.15) is 110 Å². The summed E-state index contributed by atoms with van der Waals surface area (Å²) >= 11 is 0. The maximum atomic E-state index is 12.1. The third kappa shape index (κ3) is 23.2. The van der Waals surface area contributed by atoms with Crippen molar-refractivity contribution in [2.45, 2.75) is 110 Å². The number of Topliss-reactive ketones (excluding diaryl/α,β-unsaturated/α-hetero) is 1. The van der Waals surface area contributed by atoms with Gasteiger partial charge >= 0.3 is 5.97 Å². The average molecular weight is 493 g/mol. The quantitative estimate of drug-likeness (QED) is 0.0959. The lowest BCUT2D eigenvalue weighted by atomic mass is 10.0. The predicted octanol–water partition coefficient (Wildman–Crippen LogP) is 5.29. The van der Waals surface area contributed by atoms with Crippen LogP contribution in [0.4, 0.5) is 0 Å². The molecule has 0 atom stereocenters. The second kappa shape index (κ2) is 23.5. The molecule has 3 N–H and O–H groups in total. The zero-order chi connectivity index (χ0) is 26.2. The lowest BCUT2D eigenvalue weighted by Crippen LogP contribution is -2.25. The highest BCUT2D eigenvalue weighted by atomic mass is 16.4. The molecule has 0 aliphatic carbocycles. The van der Waals surface area contributed by atoms with Crippen molar-refractivity contribution in [1.29, 1.82) is 0 Å². The number of allylic oxidation sites excluding steroid dienone is 3. The van der Waals surface area contributed by atoms with E-state index in [9.17, 15) is 19.2 Å². The van der Waals surface area contributed by atoms with Crippen LogP contribution < -0.4 is 10.6 Å². The summed E-state index contributed by atoms with van der Waals surface area (Å²) in [4.78, 5) is 46.2. The number of ketones is 2. The number of carbonyl (C=O) groups excluding carboxylic acids is 3. The van der Waals surface area contributed by atoms with E-state index in [0.717, 1.165) is 57.9 Å². The van der Waals surface area contributed by atoms with Gasteiger partial charge in [0.05, 0.1) is 0 Å². The Bertz CT molecular complexity index is 670. The van der Waals surface area contributed by atoms with E-state index in [2.05, 4.69) is 10.6 Å². The maximum Gasteiger partial charge on any atom is 0.303 e. The van der Waals surface area contributed by atoms with Crippen LogP contribution in [0.25, 0.3) is 0 Å². The van der Waals surface area contributed by atoms with Gasteiger partial charge in [0, 0.05) is 37.8 Å². The predicted molar refractivity (Wildman–Crippen MR) is 141 cm³/mol. The molecule has 0 rings (SSSR count). The fourth-order valence-electron chi connectivity index (χ4n) is 3.63. The smallest absolute Gasteiger partial charge is 0.303 e. The Morgan fingerprint density at radius 2 is 1.20 bits per heavy atom. The molecule has 7 heteroatoms. The molecule has 0 radical (unpaired) electrons. The fraction of sp³-hybridized carbons (Fsp3) is 0.714. The van der Waals surface area contributed by atoms with Crippen LogP contribution in [0.2, 0.25) is 0 Å². The van der Waals surface area contributed by atoms with Crippen LogP contribution in [0.5, 0.6) is 0 Å². The molecular weight excluding hydrogens is 444 g/mol. The SMILES string of the molecule is CNCCCCCCCC(=O)/C=C/C=C(\C)C(=O)NCCCCCCCC(=O)CCCCC(=O)O. The van der Waals surface area contributed by atoms with Crippen molar-refractivity contribution in [2.24, 2.45) is 0 Å². The first kappa shape index (κ1) is 32.7. The summed E-state index contributed by atoms with van der Waals surface area (Å²) in [6.07, 6.45) is 18.2. The van der Waals surface area contributed by atoms with Crippen LogP contribution >= 0.6 is 0 Å². The molecule has 0 aromatic rings. The van der Waals surface area contributed by atoms with Crippen LogP contribution in [-0.4, -0.2) is 48.7 Å². The van der Waals surface area contributed by atoms with Crippen molar-refractivity contribution in [3.05, 3.63) is 23.8 Å². The largest absolute Gasteiger partial charge is 0.481 e. The number of rotatable bonds is 24. The lowest BCUT2D eigenvalue weighted by Gasteiger charge is -2.05. The Balaban J connectivity index is 3.72. The fourth-order valence-corrected chi connectivity index (χ4v) is 3.63. The molecule has 35 heavy (non-hydrogen) atoms. The van der Waals surface area contributed by atoms with Crippen molar-refractivity contribution in [3.63, 3.8) is 0 Å². The van der Waals surface area contributed by atoms with Gasteiger partial charge in [0.1, 0.15) is 5.78 Å². The van der Waals surface area contributed by atoms with Gasteiger partial charge in [0.15, 0.2) is 5.78 Å². The van der Waals surface area contributed by atoms with E-state index >= 15 is 0 Å². The zero-order valence-electron chi connectivity index (χ0n) is 22.0. The summed E-state index contributed by atoms with van der Waals surface area (Å²) in [5.74, 6) is -0.603. The van der Waals surface area contributed by atoms with E-state index in [0.29, 0.717) is 44.2 Å². The van der Waals surface area contributed by atoms with Gasteiger partial charge in [-0.25, -0.2) is 0 Å². The third-order valence-corrected chi connectivity index (χ3v) is 5.85. The number of nitrogens with one attached hydrogen (secondary N) is 2. The second-order valence-electron chi connectivity index (χ2n) is 9.21. The molecule has 0 spiro atoms. The number of amides is 1. The third-order valence-electron chi connectivity index (χ3n) is 5.85. The van der Waals surface area contributed by atoms with Crippen LogP contribution in [0.15, 0.2) is 23.8 Å². The lowest BCUT2D eigenvalue weighted by molar-refractivity contribution is -0.137. The van der Waals surface area contributed by atoms with E-state index in [1.807, 2.05) is 7.05 Å². The summed E-state index contributed by atoms with van der Waals surface area (Å²) in [6, 6.07) is 0. The number of carboxylic acid groups (broad SMARTS) is 1. The number of carboxylic acids is 1. The summed E-state index contributed by atoms with van der Waals surface area (Å²) in [6.45, 7) is 3.41. The first-order chi connectivity index (χ1) is 16.9. The molecule has 0 fully saturated rings. The Morgan fingerprint density at radius 1 is 0.686 bits per heavy atom. The first-order valence-corrected chi connectivity index (χ1v) is 13.4. The van der Waals surface area contributed by atoms with E-state index in [1.165, 1.54) is 12.8 Å². The second-order valence-corrected chi connectivity index (χ2v) is 9.21. The van der Waals surface area contributed by atoms with E-state index in [4.69, 9.17) is 5.11 Å². The molecule has 7 nitrogen and oxygen atoms in total. The van der Waals surface area contributed by atoms with E-state index in [-0.39, 0.29) is 23.9 Å². The van der Waals surface area contributed by atoms with Gasteiger partial charge in [-0.15, -0.1) is 0 Å². The van der Waals surface area contributed by atoms with Crippen molar-refractivity contribution < 1.29 is 24.3 Å². The summed E-state index contributed by atoms with van der Waals surface area (Å²) in [5.41, 5.74) is 0.584. The molecule has 0 heterocycles. The van der Waals surface area contributed by atoms with Gasteiger partial charge in [-0.2, -0.15) is 0 Å². The topological polar surface area (TPSA) is 113 Å². The summed E-state index contributed by atoms with van der Waals surface area (Å²) < 4.78 is 0. The molecule has 0 aliphatic rings. The van der Waals surface area contributed by atoms with E-state index < -0.39 is 5.97 Å². The molecule has 0 saturated carbocycles. The number of hydrogen-bond donors (Lipinski definition) is 3. The number of carbonyl (C=O) groups is 4.